The normalized spacial score (nSPS) is 13.7. The highest BCUT2D eigenvalue weighted by atomic mass is 16.2. The average molecular weight is 378 g/mol. The molecule has 1 aliphatic carbocycles. The van der Waals surface area contributed by atoms with Crippen molar-refractivity contribution in [3.63, 3.8) is 0 Å². The molecular weight excluding hydrogens is 356 g/mol. The van der Waals surface area contributed by atoms with Crippen molar-refractivity contribution in [3.8, 4) is 0 Å². The number of nitrogens with one attached hydrogen (secondary N) is 2. The summed E-state index contributed by atoms with van der Waals surface area (Å²) in [5.41, 5.74) is 8.44. The van der Waals surface area contributed by atoms with Crippen molar-refractivity contribution in [1.29, 1.82) is 0 Å². The number of rotatable bonds is 5. The fourth-order valence-corrected chi connectivity index (χ4v) is 3.21. The average Bonchev–Trinajstić information content (AvgIpc) is 3.39. The Bertz CT molecular complexity index is 1070. The minimum absolute atomic E-state index is 0.145. The molecule has 8 nitrogen and oxygen atoms in total. The van der Waals surface area contributed by atoms with Crippen LogP contribution in [0.25, 0.3) is 11.0 Å². The number of nitrogens with zero attached hydrogens (tertiary/aromatic N) is 3. The molecule has 0 unspecified atom stereocenters. The molecule has 0 atom stereocenters. The number of primary amides is 1. The van der Waals surface area contributed by atoms with Gasteiger partial charge in [-0.25, -0.2) is 14.5 Å². The Labute approximate surface area is 162 Å². The first-order valence-corrected chi connectivity index (χ1v) is 9.28. The summed E-state index contributed by atoms with van der Waals surface area (Å²) >= 11 is 0. The largest absolute Gasteiger partial charge is 0.351 e. The van der Waals surface area contributed by atoms with Crippen LogP contribution in [0.5, 0.6) is 0 Å². The minimum Gasteiger partial charge on any atom is -0.351 e. The number of fused-ring (bicyclic) bond motifs is 1. The van der Waals surface area contributed by atoms with Crippen molar-refractivity contribution >= 4 is 34.3 Å². The van der Waals surface area contributed by atoms with E-state index in [2.05, 4.69) is 15.7 Å². The number of carbonyl (C=O) groups is 2. The van der Waals surface area contributed by atoms with Crippen molar-refractivity contribution in [2.75, 3.05) is 10.6 Å². The van der Waals surface area contributed by atoms with Crippen LogP contribution in [0.15, 0.2) is 36.5 Å². The van der Waals surface area contributed by atoms with Crippen LogP contribution < -0.4 is 16.4 Å². The Kier molecular flexibility index (Phi) is 4.46. The van der Waals surface area contributed by atoms with Crippen LogP contribution in [-0.2, 0) is 0 Å². The van der Waals surface area contributed by atoms with Gasteiger partial charge in [0.25, 0.3) is 5.91 Å². The molecule has 0 spiro atoms. The number of hydrogen-bond acceptors (Lipinski definition) is 4. The van der Waals surface area contributed by atoms with E-state index in [0.717, 1.165) is 29.6 Å². The number of urea groups is 1. The zero-order valence-corrected chi connectivity index (χ0v) is 15.8. The van der Waals surface area contributed by atoms with Crippen molar-refractivity contribution in [3.05, 3.63) is 47.8 Å². The second kappa shape index (κ2) is 6.95. The van der Waals surface area contributed by atoms with Crippen molar-refractivity contribution in [2.24, 2.45) is 5.73 Å². The SMILES string of the molecule is CC(C)n1ncc2c(C(=O)Nc3cccc(NC(N)=O)c3)cc(C3CC3)nc21. The van der Waals surface area contributed by atoms with E-state index in [9.17, 15) is 9.59 Å². The number of hydrogen-bond donors (Lipinski definition) is 3. The number of benzene rings is 1. The molecule has 144 valence electrons. The summed E-state index contributed by atoms with van der Waals surface area (Å²) in [6, 6.07) is 8.19. The molecule has 3 aromatic rings. The summed E-state index contributed by atoms with van der Waals surface area (Å²) in [5.74, 6) is 0.170. The molecule has 1 saturated carbocycles. The molecule has 3 amide bonds. The fourth-order valence-electron chi connectivity index (χ4n) is 3.21. The van der Waals surface area contributed by atoms with E-state index in [1.807, 2.05) is 24.6 Å². The summed E-state index contributed by atoms with van der Waals surface area (Å²) in [5, 5.41) is 10.5. The minimum atomic E-state index is -0.658. The molecule has 2 heterocycles. The zero-order chi connectivity index (χ0) is 19.8. The van der Waals surface area contributed by atoms with Gasteiger partial charge in [0.2, 0.25) is 0 Å². The topological polar surface area (TPSA) is 115 Å². The summed E-state index contributed by atoms with van der Waals surface area (Å²) in [6.45, 7) is 4.07. The van der Waals surface area contributed by atoms with Crippen LogP contribution in [0.3, 0.4) is 0 Å². The lowest BCUT2D eigenvalue weighted by Crippen LogP contribution is -2.19. The number of pyridine rings is 1. The first-order valence-electron chi connectivity index (χ1n) is 9.28. The van der Waals surface area contributed by atoms with Gasteiger partial charge in [0.05, 0.1) is 17.1 Å². The molecule has 4 N–H and O–H groups in total. The highest BCUT2D eigenvalue weighted by Crippen LogP contribution is 2.40. The van der Waals surface area contributed by atoms with Crippen LogP contribution >= 0.6 is 0 Å². The molecule has 4 rings (SSSR count). The van der Waals surface area contributed by atoms with E-state index in [1.54, 1.807) is 30.5 Å². The van der Waals surface area contributed by atoms with Gasteiger partial charge in [0.15, 0.2) is 5.65 Å². The molecule has 1 fully saturated rings. The van der Waals surface area contributed by atoms with Crippen LogP contribution in [-0.4, -0.2) is 26.7 Å². The van der Waals surface area contributed by atoms with Gasteiger partial charge in [0, 0.05) is 29.0 Å². The van der Waals surface area contributed by atoms with Gasteiger partial charge in [-0.3, -0.25) is 4.79 Å². The first-order chi connectivity index (χ1) is 13.4. The van der Waals surface area contributed by atoms with Gasteiger partial charge in [-0.1, -0.05) is 6.07 Å². The third-order valence-electron chi connectivity index (χ3n) is 4.70. The number of anilines is 2. The standard InChI is InChI=1S/C20H22N6O2/c1-11(2)26-18-16(10-22-26)15(9-17(25-18)12-6-7-12)19(27)23-13-4-3-5-14(8-13)24-20(21)28/h3-5,8-12H,6-7H2,1-2H3,(H,23,27)(H3,21,24,28). The molecule has 0 aliphatic heterocycles. The second-order valence-corrected chi connectivity index (χ2v) is 7.31. The number of aromatic nitrogens is 3. The summed E-state index contributed by atoms with van der Waals surface area (Å²) in [4.78, 5) is 28.9. The fraction of sp³-hybridized carbons (Fsp3) is 0.300. The predicted octanol–water partition coefficient (Wildman–Crippen LogP) is 3.63. The Morgan fingerprint density at radius 3 is 2.54 bits per heavy atom. The van der Waals surface area contributed by atoms with Crippen molar-refractivity contribution < 1.29 is 9.59 Å². The summed E-state index contributed by atoms with van der Waals surface area (Å²) in [7, 11) is 0. The van der Waals surface area contributed by atoms with Crippen LogP contribution in [0.4, 0.5) is 16.2 Å². The third kappa shape index (κ3) is 3.53. The maximum Gasteiger partial charge on any atom is 0.316 e. The first kappa shape index (κ1) is 18.0. The van der Waals surface area contributed by atoms with E-state index in [1.165, 1.54) is 0 Å². The van der Waals surface area contributed by atoms with Gasteiger partial charge in [-0.05, 0) is 51.0 Å². The van der Waals surface area contributed by atoms with Crippen LogP contribution in [0.2, 0.25) is 0 Å². The molecule has 0 bridgehead atoms. The number of amides is 3. The summed E-state index contributed by atoms with van der Waals surface area (Å²) in [6.07, 6.45) is 3.88. The molecule has 0 saturated heterocycles. The van der Waals surface area contributed by atoms with E-state index < -0.39 is 6.03 Å². The monoisotopic (exact) mass is 378 g/mol. The smallest absolute Gasteiger partial charge is 0.316 e. The Morgan fingerprint density at radius 2 is 1.89 bits per heavy atom. The Balaban J connectivity index is 1.70. The highest BCUT2D eigenvalue weighted by Gasteiger charge is 2.28. The lowest BCUT2D eigenvalue weighted by atomic mass is 10.1. The van der Waals surface area contributed by atoms with Gasteiger partial charge < -0.3 is 16.4 Å². The maximum atomic E-state index is 13.0. The van der Waals surface area contributed by atoms with E-state index in [-0.39, 0.29) is 11.9 Å². The lowest BCUT2D eigenvalue weighted by molar-refractivity contribution is 0.102. The quantitative estimate of drug-likeness (QED) is 0.629. The third-order valence-corrected chi connectivity index (χ3v) is 4.70. The predicted molar refractivity (Wildman–Crippen MR) is 107 cm³/mol. The second-order valence-electron chi connectivity index (χ2n) is 7.31. The van der Waals surface area contributed by atoms with E-state index >= 15 is 0 Å². The Morgan fingerprint density at radius 1 is 1.18 bits per heavy atom. The van der Waals surface area contributed by atoms with Gasteiger partial charge >= 0.3 is 6.03 Å². The summed E-state index contributed by atoms with van der Waals surface area (Å²) < 4.78 is 1.84. The molecule has 0 radical (unpaired) electrons. The van der Waals surface area contributed by atoms with Gasteiger partial charge in [-0.15, -0.1) is 0 Å². The highest BCUT2D eigenvalue weighted by molar-refractivity contribution is 6.12. The van der Waals surface area contributed by atoms with Crippen molar-refractivity contribution in [1.82, 2.24) is 14.8 Å². The molecule has 28 heavy (non-hydrogen) atoms. The van der Waals surface area contributed by atoms with Crippen molar-refractivity contribution in [2.45, 2.75) is 38.6 Å². The zero-order valence-electron chi connectivity index (χ0n) is 15.8. The lowest BCUT2D eigenvalue weighted by Gasteiger charge is -2.11. The number of nitrogens with two attached hydrogens (primary N) is 1. The Hall–Kier alpha value is -3.42. The molecule has 1 aromatic carbocycles. The molecule has 8 heteroatoms. The molecule has 1 aliphatic rings. The van der Waals surface area contributed by atoms with Crippen LogP contribution in [0, 0.1) is 0 Å². The maximum absolute atomic E-state index is 13.0. The van der Waals surface area contributed by atoms with Crippen LogP contribution in [0.1, 0.15) is 54.7 Å². The molecule has 2 aromatic heterocycles. The van der Waals surface area contributed by atoms with Gasteiger partial charge in [-0.2, -0.15) is 5.10 Å². The van der Waals surface area contributed by atoms with E-state index in [0.29, 0.717) is 22.9 Å². The number of carbonyl (C=O) groups excluding carboxylic acids is 2. The van der Waals surface area contributed by atoms with Gasteiger partial charge in [0.1, 0.15) is 0 Å². The van der Waals surface area contributed by atoms with E-state index in [4.69, 9.17) is 10.7 Å². The molecular formula is C20H22N6O2.